The van der Waals surface area contributed by atoms with Crippen LogP contribution in [0, 0.1) is 0 Å². The summed E-state index contributed by atoms with van der Waals surface area (Å²) < 4.78 is 0. The first kappa shape index (κ1) is 18.9. The highest BCUT2D eigenvalue weighted by Gasteiger charge is 2.14. The van der Waals surface area contributed by atoms with Crippen LogP contribution < -0.4 is 0 Å². The highest BCUT2D eigenvalue weighted by molar-refractivity contribution is 6.15. The van der Waals surface area contributed by atoms with Crippen molar-refractivity contribution in [1.29, 1.82) is 0 Å². The lowest BCUT2D eigenvalue weighted by Gasteiger charge is -2.12. The third-order valence-corrected chi connectivity index (χ3v) is 6.47. The van der Waals surface area contributed by atoms with Gasteiger partial charge in [0.05, 0.1) is 27.8 Å². The monoisotopic (exact) mass is 433 g/mol. The lowest BCUT2D eigenvalue weighted by atomic mass is 9.99. The molecular weight excluding hydrogens is 414 g/mol. The predicted molar refractivity (Wildman–Crippen MR) is 141 cm³/mol. The lowest BCUT2D eigenvalue weighted by molar-refractivity contribution is 1.37. The molecular formula is C31H19N3. The molecule has 0 aliphatic carbocycles. The number of hydrogen-bond donors (Lipinski definition) is 0. The molecule has 0 unspecified atom stereocenters. The average Bonchev–Trinajstić information content (AvgIpc) is 2.92. The van der Waals surface area contributed by atoms with Crippen molar-refractivity contribution >= 4 is 43.6 Å². The number of benzene rings is 4. The minimum Gasteiger partial charge on any atom is -0.254 e. The van der Waals surface area contributed by atoms with Crippen LogP contribution in [0.3, 0.4) is 0 Å². The van der Waals surface area contributed by atoms with Crippen molar-refractivity contribution in [2.75, 3.05) is 0 Å². The summed E-state index contributed by atoms with van der Waals surface area (Å²) in [5.41, 5.74) is 8.02. The van der Waals surface area contributed by atoms with Crippen LogP contribution >= 0.6 is 0 Å². The highest BCUT2D eigenvalue weighted by Crippen LogP contribution is 2.35. The van der Waals surface area contributed by atoms with Crippen molar-refractivity contribution < 1.29 is 0 Å². The van der Waals surface area contributed by atoms with Crippen LogP contribution in [0.25, 0.3) is 66.0 Å². The van der Waals surface area contributed by atoms with Crippen molar-refractivity contribution in [3.8, 4) is 22.4 Å². The molecule has 7 aromatic rings. The van der Waals surface area contributed by atoms with E-state index in [4.69, 9.17) is 9.97 Å². The van der Waals surface area contributed by atoms with Gasteiger partial charge in [-0.25, -0.2) is 9.97 Å². The van der Waals surface area contributed by atoms with E-state index in [0.717, 1.165) is 54.9 Å². The zero-order chi connectivity index (χ0) is 22.5. The molecule has 0 bridgehead atoms. The number of nitrogens with zero attached hydrogens (tertiary/aromatic N) is 3. The molecule has 0 radical (unpaired) electrons. The van der Waals surface area contributed by atoms with Gasteiger partial charge in [-0.05, 0) is 29.3 Å². The fraction of sp³-hybridized carbons (Fsp3) is 0. The average molecular weight is 434 g/mol. The Morgan fingerprint density at radius 1 is 0.441 bits per heavy atom. The smallest absolute Gasteiger partial charge is 0.0980 e. The number of aromatic nitrogens is 3. The van der Waals surface area contributed by atoms with E-state index in [1.807, 2.05) is 24.4 Å². The molecule has 3 aromatic heterocycles. The summed E-state index contributed by atoms with van der Waals surface area (Å²) in [6.45, 7) is 0. The second-order valence-electron chi connectivity index (χ2n) is 8.52. The van der Waals surface area contributed by atoms with Gasteiger partial charge in [0.2, 0.25) is 0 Å². The zero-order valence-electron chi connectivity index (χ0n) is 18.3. The molecule has 7 rings (SSSR count). The summed E-state index contributed by atoms with van der Waals surface area (Å²) in [5.74, 6) is 0. The Balaban J connectivity index is 1.53. The molecule has 0 fully saturated rings. The number of hydrogen-bond acceptors (Lipinski definition) is 3. The third-order valence-electron chi connectivity index (χ3n) is 6.47. The Morgan fingerprint density at radius 2 is 1.18 bits per heavy atom. The molecule has 0 atom stereocenters. The lowest BCUT2D eigenvalue weighted by Crippen LogP contribution is -1.94. The second-order valence-corrected chi connectivity index (χ2v) is 8.52. The third kappa shape index (κ3) is 2.95. The van der Waals surface area contributed by atoms with Crippen LogP contribution in [0.1, 0.15) is 0 Å². The van der Waals surface area contributed by atoms with Crippen LogP contribution in [0.5, 0.6) is 0 Å². The summed E-state index contributed by atoms with van der Waals surface area (Å²) in [6.07, 6.45) is 1.83. The largest absolute Gasteiger partial charge is 0.254 e. The van der Waals surface area contributed by atoms with Crippen molar-refractivity contribution in [1.82, 2.24) is 15.0 Å². The second kappa shape index (κ2) is 7.46. The molecule has 34 heavy (non-hydrogen) atoms. The van der Waals surface area contributed by atoms with Crippen molar-refractivity contribution in [3.05, 3.63) is 115 Å². The van der Waals surface area contributed by atoms with Crippen LogP contribution in [0.15, 0.2) is 115 Å². The van der Waals surface area contributed by atoms with Gasteiger partial charge in [-0.1, -0.05) is 91.0 Å². The van der Waals surface area contributed by atoms with Gasteiger partial charge in [-0.15, -0.1) is 0 Å². The molecule has 3 nitrogen and oxygen atoms in total. The first-order valence-corrected chi connectivity index (χ1v) is 11.4. The molecule has 3 heterocycles. The molecule has 3 heteroatoms. The van der Waals surface area contributed by atoms with E-state index in [9.17, 15) is 0 Å². The Morgan fingerprint density at radius 3 is 2.06 bits per heavy atom. The molecule has 0 aliphatic heterocycles. The van der Waals surface area contributed by atoms with E-state index in [-0.39, 0.29) is 0 Å². The fourth-order valence-electron chi connectivity index (χ4n) is 4.79. The standard InChI is InChI=1S/C31H19N3/c1-2-7-20(8-3-1)21-12-14-23(15-13-21)29-31-26(25-10-4-5-11-27(25)33-29)19-24-17-16-22-9-6-18-32-28(22)30(24)34-31/h1-19H. The molecule has 0 saturated heterocycles. The van der Waals surface area contributed by atoms with E-state index in [1.54, 1.807) is 0 Å². The highest BCUT2D eigenvalue weighted by atomic mass is 14.8. The minimum absolute atomic E-state index is 0.892. The SMILES string of the molecule is c1ccc(-c2ccc(-c3nc4ccccc4c4cc5ccc6cccnc6c5nc34)cc2)cc1. The normalized spacial score (nSPS) is 11.5. The van der Waals surface area contributed by atoms with Gasteiger partial charge in [-0.2, -0.15) is 0 Å². The van der Waals surface area contributed by atoms with Gasteiger partial charge < -0.3 is 0 Å². The van der Waals surface area contributed by atoms with E-state index in [1.165, 1.54) is 11.1 Å². The number of pyridine rings is 3. The summed E-state index contributed by atoms with van der Waals surface area (Å²) in [6, 6.07) is 37.9. The summed E-state index contributed by atoms with van der Waals surface area (Å²) >= 11 is 0. The summed E-state index contributed by atoms with van der Waals surface area (Å²) in [4.78, 5) is 14.9. The van der Waals surface area contributed by atoms with Gasteiger partial charge in [0.1, 0.15) is 0 Å². The molecule has 0 spiro atoms. The summed E-state index contributed by atoms with van der Waals surface area (Å²) in [7, 11) is 0. The Bertz CT molecular complexity index is 1840. The van der Waals surface area contributed by atoms with E-state index in [2.05, 4.69) is 96.0 Å². The Labute approximate surface area is 196 Å². The molecule has 0 aliphatic rings. The number of rotatable bonds is 2. The minimum atomic E-state index is 0.892. The quantitative estimate of drug-likeness (QED) is 0.206. The maximum atomic E-state index is 5.19. The number of fused-ring (bicyclic) bond motifs is 6. The Kier molecular flexibility index (Phi) is 4.15. The van der Waals surface area contributed by atoms with Crippen LogP contribution in [0.4, 0.5) is 0 Å². The summed E-state index contributed by atoms with van der Waals surface area (Å²) in [5, 5.41) is 4.39. The molecule has 0 N–H and O–H groups in total. The first-order chi connectivity index (χ1) is 16.8. The topological polar surface area (TPSA) is 38.7 Å². The fourth-order valence-corrected chi connectivity index (χ4v) is 4.79. The maximum Gasteiger partial charge on any atom is 0.0980 e. The van der Waals surface area contributed by atoms with E-state index >= 15 is 0 Å². The van der Waals surface area contributed by atoms with Gasteiger partial charge in [0.25, 0.3) is 0 Å². The Hall–Kier alpha value is -4.63. The van der Waals surface area contributed by atoms with Crippen LogP contribution in [0.2, 0.25) is 0 Å². The predicted octanol–water partition coefficient (Wildman–Crippen LogP) is 7.82. The molecule has 0 saturated carbocycles. The zero-order valence-corrected chi connectivity index (χ0v) is 18.3. The molecule has 0 amide bonds. The van der Waals surface area contributed by atoms with Gasteiger partial charge in [0.15, 0.2) is 0 Å². The van der Waals surface area contributed by atoms with Crippen LogP contribution in [-0.2, 0) is 0 Å². The molecule has 158 valence electrons. The number of para-hydroxylation sites is 1. The van der Waals surface area contributed by atoms with Gasteiger partial charge >= 0.3 is 0 Å². The van der Waals surface area contributed by atoms with Crippen molar-refractivity contribution in [2.45, 2.75) is 0 Å². The van der Waals surface area contributed by atoms with E-state index < -0.39 is 0 Å². The van der Waals surface area contributed by atoms with Gasteiger partial charge in [0, 0.05) is 33.3 Å². The first-order valence-electron chi connectivity index (χ1n) is 11.4. The van der Waals surface area contributed by atoms with Crippen molar-refractivity contribution in [2.24, 2.45) is 0 Å². The van der Waals surface area contributed by atoms with Gasteiger partial charge in [-0.3, -0.25) is 4.98 Å². The maximum absolute atomic E-state index is 5.19. The van der Waals surface area contributed by atoms with E-state index in [0.29, 0.717) is 0 Å². The molecule has 4 aromatic carbocycles. The van der Waals surface area contributed by atoms with Crippen LogP contribution in [-0.4, -0.2) is 15.0 Å². The van der Waals surface area contributed by atoms with Crippen molar-refractivity contribution in [3.63, 3.8) is 0 Å².